The minimum absolute atomic E-state index is 0.136. The van der Waals surface area contributed by atoms with Crippen LogP contribution in [0.5, 0.6) is 0 Å². The average Bonchev–Trinajstić information content (AvgIpc) is 4.15. The SMILES string of the molecule is CC(C)O/N=C(/CNC(=O)c1cn(C)nc1C(F)F)c1ncc(C#CC2CC2)cc1Cl.CC(C)ON=C(CNC(=O)c1cn(C)nc1C(F)F)c1ncc(C#CC2CC2)cc1Cl. The van der Waals surface area contributed by atoms with Crippen LogP contribution in [0.4, 0.5) is 17.6 Å². The Kier molecular flexibility index (Phi) is 16.5. The Bertz CT molecular complexity index is 2270. The molecule has 2 N–H and O–H groups in total. The van der Waals surface area contributed by atoms with Crippen molar-refractivity contribution in [3.05, 3.63) is 92.0 Å². The molecule has 4 aromatic heterocycles. The quantitative estimate of drug-likeness (QED) is 0.0571. The van der Waals surface area contributed by atoms with Crippen molar-refractivity contribution in [3.63, 3.8) is 0 Å². The fourth-order valence-corrected chi connectivity index (χ4v) is 5.67. The molecule has 4 aromatic rings. The van der Waals surface area contributed by atoms with Crippen LogP contribution in [0.3, 0.4) is 0 Å². The maximum Gasteiger partial charge on any atom is 0.282 e. The van der Waals surface area contributed by atoms with Crippen molar-refractivity contribution in [3.8, 4) is 23.7 Å². The molecule has 0 saturated heterocycles. The van der Waals surface area contributed by atoms with Gasteiger partial charge >= 0.3 is 0 Å². The second-order valence-corrected chi connectivity index (χ2v) is 15.6. The molecule has 2 saturated carbocycles. The number of aromatic nitrogens is 6. The molecule has 20 heteroatoms. The fourth-order valence-electron chi connectivity index (χ4n) is 5.12. The summed E-state index contributed by atoms with van der Waals surface area (Å²) in [4.78, 5) is 44.2. The molecule has 2 aliphatic carbocycles. The van der Waals surface area contributed by atoms with E-state index in [1.165, 1.54) is 26.5 Å². The molecular formula is C42H44Cl2F4N10O4. The van der Waals surface area contributed by atoms with Crippen molar-refractivity contribution < 1.29 is 36.8 Å². The van der Waals surface area contributed by atoms with Crippen molar-refractivity contribution in [2.45, 2.75) is 78.4 Å². The van der Waals surface area contributed by atoms with Crippen LogP contribution in [-0.2, 0) is 23.8 Å². The topological polar surface area (TPSA) is 163 Å². The second-order valence-electron chi connectivity index (χ2n) is 14.8. The maximum absolute atomic E-state index is 13.1. The number of hydrogen-bond donors (Lipinski definition) is 2. The summed E-state index contributed by atoms with van der Waals surface area (Å²) in [5.41, 5.74) is 0.833. The second kappa shape index (κ2) is 21.7. The van der Waals surface area contributed by atoms with Crippen LogP contribution in [0, 0.1) is 35.5 Å². The molecule has 0 spiro atoms. The maximum atomic E-state index is 13.1. The molecule has 2 fully saturated rings. The van der Waals surface area contributed by atoms with Gasteiger partial charge in [-0.2, -0.15) is 10.2 Å². The minimum Gasteiger partial charge on any atom is -0.393 e. The van der Waals surface area contributed by atoms with E-state index >= 15 is 0 Å². The van der Waals surface area contributed by atoms with E-state index < -0.39 is 36.1 Å². The van der Waals surface area contributed by atoms with Gasteiger partial charge in [-0.05, 0) is 65.5 Å². The van der Waals surface area contributed by atoms with Gasteiger partial charge in [-0.1, -0.05) is 57.2 Å². The van der Waals surface area contributed by atoms with Gasteiger partial charge in [0.15, 0.2) is 0 Å². The third kappa shape index (κ3) is 14.0. The van der Waals surface area contributed by atoms with E-state index in [1.807, 2.05) is 0 Å². The first-order valence-electron chi connectivity index (χ1n) is 19.5. The van der Waals surface area contributed by atoms with E-state index in [-0.39, 0.29) is 57.9 Å². The first-order valence-corrected chi connectivity index (χ1v) is 20.2. The summed E-state index contributed by atoms with van der Waals surface area (Å²) in [6.45, 7) is 6.88. The Hall–Kier alpha value is -5.98. The van der Waals surface area contributed by atoms with Gasteiger partial charge in [0.25, 0.3) is 24.7 Å². The molecule has 0 bridgehead atoms. The van der Waals surface area contributed by atoms with Crippen molar-refractivity contribution in [2.24, 2.45) is 36.2 Å². The Morgan fingerprint density at radius 2 is 1.10 bits per heavy atom. The van der Waals surface area contributed by atoms with Crippen LogP contribution in [0.15, 0.2) is 47.2 Å². The summed E-state index contributed by atoms with van der Waals surface area (Å²) in [5, 5.41) is 21.1. The molecule has 62 heavy (non-hydrogen) atoms. The van der Waals surface area contributed by atoms with Crippen molar-refractivity contribution in [2.75, 3.05) is 13.1 Å². The molecule has 4 heterocycles. The highest BCUT2D eigenvalue weighted by Crippen LogP contribution is 2.29. The first kappa shape index (κ1) is 47.1. The lowest BCUT2D eigenvalue weighted by molar-refractivity contribution is 0.0850. The van der Waals surface area contributed by atoms with Crippen LogP contribution in [0.25, 0.3) is 0 Å². The third-order valence-corrected chi connectivity index (χ3v) is 9.00. The molecule has 0 aromatic carbocycles. The zero-order valence-electron chi connectivity index (χ0n) is 34.6. The molecule has 6 rings (SSSR count). The zero-order valence-corrected chi connectivity index (χ0v) is 36.2. The van der Waals surface area contributed by atoms with Gasteiger partial charge in [-0.25, -0.2) is 17.6 Å². The number of aryl methyl sites for hydroxylation is 2. The Labute approximate surface area is 365 Å². The minimum atomic E-state index is -2.88. The molecule has 328 valence electrons. The number of carbonyl (C=O) groups is 2. The van der Waals surface area contributed by atoms with E-state index in [0.29, 0.717) is 34.4 Å². The summed E-state index contributed by atoms with van der Waals surface area (Å²) >= 11 is 12.8. The van der Waals surface area contributed by atoms with Gasteiger partial charge < -0.3 is 20.3 Å². The predicted molar refractivity (Wildman–Crippen MR) is 224 cm³/mol. The van der Waals surface area contributed by atoms with E-state index in [2.05, 4.69) is 64.8 Å². The predicted octanol–water partition coefficient (Wildman–Crippen LogP) is 7.45. The average molecular weight is 900 g/mol. The van der Waals surface area contributed by atoms with Gasteiger partial charge in [-0.15, -0.1) is 0 Å². The number of hydrogen-bond acceptors (Lipinski definition) is 10. The number of rotatable bonds is 14. The first-order chi connectivity index (χ1) is 29.5. The van der Waals surface area contributed by atoms with E-state index in [0.717, 1.165) is 35.0 Å². The number of pyridine rings is 2. The summed E-state index contributed by atoms with van der Waals surface area (Å²) in [6.07, 6.45) is 3.85. The van der Waals surface area contributed by atoms with Crippen LogP contribution in [-0.4, -0.2) is 78.1 Å². The number of amides is 2. The van der Waals surface area contributed by atoms with E-state index in [4.69, 9.17) is 32.9 Å². The standard InChI is InChI=1S/2C21H22ClF2N5O2/c2*1-12(2)31-28-17(10-26-21(30)15-11-29(3)27-18(15)20(23)24)19-16(22)8-14(9-25-19)7-6-13-4-5-13/h2*8-9,11-13,20H,4-5,10H2,1-3H3,(H,26,30)/b28-17-;. The Balaban J connectivity index is 0.000000234. The highest BCUT2D eigenvalue weighted by atomic mass is 35.5. The van der Waals surface area contributed by atoms with Crippen LogP contribution in [0.2, 0.25) is 10.0 Å². The summed E-state index contributed by atoms with van der Waals surface area (Å²) in [7, 11) is 2.92. The monoisotopic (exact) mass is 898 g/mol. The highest BCUT2D eigenvalue weighted by molar-refractivity contribution is 6.34. The van der Waals surface area contributed by atoms with Crippen molar-refractivity contribution >= 4 is 46.4 Å². The molecule has 0 aliphatic heterocycles. The zero-order chi connectivity index (χ0) is 45.1. The lowest BCUT2D eigenvalue weighted by Gasteiger charge is -2.11. The highest BCUT2D eigenvalue weighted by Gasteiger charge is 2.25. The van der Waals surface area contributed by atoms with Crippen molar-refractivity contribution in [1.82, 2.24) is 40.2 Å². The molecule has 2 amide bonds. The van der Waals surface area contributed by atoms with Crippen LogP contribution in [0.1, 0.15) is 121 Å². The number of oxime groups is 2. The van der Waals surface area contributed by atoms with E-state index in [1.54, 1.807) is 52.2 Å². The number of nitrogens with one attached hydrogen (secondary N) is 2. The Morgan fingerprint density at radius 3 is 1.40 bits per heavy atom. The fraction of sp³-hybridized carbons (Fsp3) is 0.429. The molecule has 2 aliphatic rings. The Morgan fingerprint density at radius 1 is 0.726 bits per heavy atom. The van der Waals surface area contributed by atoms with Gasteiger partial charge in [-0.3, -0.25) is 28.9 Å². The molecular weight excluding hydrogens is 855 g/mol. The van der Waals surface area contributed by atoms with Gasteiger partial charge in [0, 0.05) is 61.8 Å². The summed E-state index contributed by atoms with van der Waals surface area (Å²) < 4.78 is 54.9. The number of carbonyl (C=O) groups excluding carboxylic acids is 2. The summed E-state index contributed by atoms with van der Waals surface area (Å²) in [5.74, 6) is 11.8. The van der Waals surface area contributed by atoms with Gasteiger partial charge in [0.2, 0.25) is 0 Å². The normalized spacial score (nSPS) is 13.9. The van der Waals surface area contributed by atoms with Crippen LogP contribution >= 0.6 is 23.2 Å². The van der Waals surface area contributed by atoms with Crippen LogP contribution < -0.4 is 10.6 Å². The molecule has 0 atom stereocenters. The molecule has 0 unspecified atom stereocenters. The third-order valence-electron chi connectivity index (χ3n) is 8.42. The molecule has 0 radical (unpaired) electrons. The van der Waals surface area contributed by atoms with Gasteiger partial charge in [0.1, 0.15) is 46.4 Å². The number of alkyl halides is 4. The summed E-state index contributed by atoms with van der Waals surface area (Å²) in [6, 6.07) is 3.34. The lowest BCUT2D eigenvalue weighted by Crippen LogP contribution is -2.31. The van der Waals surface area contributed by atoms with Crippen molar-refractivity contribution in [1.29, 1.82) is 0 Å². The lowest BCUT2D eigenvalue weighted by atomic mass is 10.2. The smallest absolute Gasteiger partial charge is 0.282 e. The largest absolute Gasteiger partial charge is 0.393 e. The molecule has 14 nitrogen and oxygen atoms in total. The number of nitrogens with zero attached hydrogens (tertiary/aromatic N) is 8. The van der Waals surface area contributed by atoms with Gasteiger partial charge in [0.05, 0.1) is 34.3 Å². The van der Waals surface area contributed by atoms with E-state index in [9.17, 15) is 27.2 Å². The number of halogens is 6.